The van der Waals surface area contributed by atoms with Crippen molar-refractivity contribution in [3.8, 4) is 0 Å². The SMILES string of the molecule is C[C@@H](c1ccco1)N1CCC[C@@H](CNC(=O)OC(C)(C)C)C1. The van der Waals surface area contributed by atoms with Crippen molar-refractivity contribution in [1.29, 1.82) is 0 Å². The number of carbonyl (C=O) groups is 1. The number of rotatable bonds is 4. The van der Waals surface area contributed by atoms with E-state index in [0.717, 1.165) is 31.7 Å². The number of piperidine rings is 1. The number of furan rings is 1. The zero-order valence-electron chi connectivity index (χ0n) is 14.1. The van der Waals surface area contributed by atoms with Crippen LogP contribution in [0.4, 0.5) is 4.79 Å². The molecule has 1 N–H and O–H groups in total. The second-order valence-electron chi connectivity index (χ2n) is 7.08. The van der Waals surface area contributed by atoms with Gasteiger partial charge in [0.05, 0.1) is 12.3 Å². The fourth-order valence-electron chi connectivity index (χ4n) is 2.87. The minimum atomic E-state index is -0.448. The molecule has 1 saturated heterocycles. The van der Waals surface area contributed by atoms with E-state index in [4.69, 9.17) is 9.15 Å². The first-order valence-corrected chi connectivity index (χ1v) is 8.09. The Bertz CT molecular complexity index is 465. The Morgan fingerprint density at radius 2 is 2.32 bits per heavy atom. The van der Waals surface area contributed by atoms with E-state index in [1.54, 1.807) is 6.26 Å². The van der Waals surface area contributed by atoms with Crippen molar-refractivity contribution in [2.45, 2.75) is 52.2 Å². The van der Waals surface area contributed by atoms with E-state index in [1.807, 2.05) is 32.9 Å². The van der Waals surface area contributed by atoms with E-state index in [2.05, 4.69) is 17.1 Å². The summed E-state index contributed by atoms with van der Waals surface area (Å²) in [4.78, 5) is 14.2. The van der Waals surface area contributed by atoms with Crippen molar-refractivity contribution in [3.63, 3.8) is 0 Å². The number of nitrogens with zero attached hydrogens (tertiary/aromatic N) is 1. The Morgan fingerprint density at radius 3 is 2.95 bits per heavy atom. The topological polar surface area (TPSA) is 54.7 Å². The summed E-state index contributed by atoms with van der Waals surface area (Å²) >= 11 is 0. The molecule has 2 atom stereocenters. The van der Waals surface area contributed by atoms with Gasteiger partial charge in [0.25, 0.3) is 0 Å². The first-order chi connectivity index (χ1) is 10.3. The lowest BCUT2D eigenvalue weighted by Crippen LogP contribution is -2.42. The predicted molar refractivity (Wildman–Crippen MR) is 85.7 cm³/mol. The first kappa shape index (κ1) is 16.9. The standard InChI is InChI=1S/C17H28N2O3/c1-13(15-8-6-10-21-15)19-9-5-7-14(12-19)11-18-16(20)22-17(2,3)4/h6,8,10,13-14H,5,7,9,11-12H2,1-4H3,(H,18,20)/t13-,14-/m0/s1. The van der Waals surface area contributed by atoms with Crippen molar-refractivity contribution >= 4 is 6.09 Å². The molecule has 124 valence electrons. The average molecular weight is 308 g/mol. The number of alkyl carbamates (subject to hydrolysis) is 1. The Balaban J connectivity index is 1.80. The number of hydrogen-bond donors (Lipinski definition) is 1. The van der Waals surface area contributed by atoms with Crippen molar-refractivity contribution in [1.82, 2.24) is 10.2 Å². The van der Waals surface area contributed by atoms with Crippen LogP contribution >= 0.6 is 0 Å². The van der Waals surface area contributed by atoms with Gasteiger partial charge in [-0.25, -0.2) is 4.79 Å². The molecule has 0 saturated carbocycles. The van der Waals surface area contributed by atoms with Gasteiger partial charge in [0.15, 0.2) is 0 Å². The minimum absolute atomic E-state index is 0.277. The Morgan fingerprint density at radius 1 is 1.55 bits per heavy atom. The van der Waals surface area contributed by atoms with E-state index < -0.39 is 5.60 Å². The third kappa shape index (κ3) is 5.05. The van der Waals surface area contributed by atoms with Crippen LogP contribution in [-0.4, -0.2) is 36.2 Å². The highest BCUT2D eigenvalue weighted by atomic mass is 16.6. The van der Waals surface area contributed by atoms with Gasteiger partial charge in [-0.3, -0.25) is 4.90 Å². The molecule has 0 bridgehead atoms. The predicted octanol–water partition coefficient (Wildman–Crippen LogP) is 3.58. The van der Waals surface area contributed by atoms with Crippen LogP contribution in [0.15, 0.2) is 22.8 Å². The van der Waals surface area contributed by atoms with Gasteiger partial charge < -0.3 is 14.5 Å². The largest absolute Gasteiger partial charge is 0.468 e. The van der Waals surface area contributed by atoms with Crippen LogP contribution in [0, 0.1) is 5.92 Å². The molecule has 22 heavy (non-hydrogen) atoms. The molecule has 0 aliphatic carbocycles. The second kappa shape index (κ2) is 7.18. The molecule has 5 heteroatoms. The highest BCUT2D eigenvalue weighted by Gasteiger charge is 2.26. The third-order valence-corrected chi connectivity index (χ3v) is 3.99. The molecular formula is C17H28N2O3. The zero-order valence-corrected chi connectivity index (χ0v) is 14.1. The Labute approximate surface area is 133 Å². The molecule has 2 rings (SSSR count). The lowest BCUT2D eigenvalue weighted by molar-refractivity contribution is 0.0498. The molecule has 1 aliphatic heterocycles. The number of nitrogens with one attached hydrogen (secondary N) is 1. The first-order valence-electron chi connectivity index (χ1n) is 8.09. The van der Waals surface area contributed by atoms with Crippen LogP contribution < -0.4 is 5.32 Å². The summed E-state index contributed by atoms with van der Waals surface area (Å²) in [6.07, 6.45) is 3.67. The van der Waals surface area contributed by atoms with E-state index in [1.165, 1.54) is 0 Å². The van der Waals surface area contributed by atoms with Crippen LogP contribution in [-0.2, 0) is 4.74 Å². The molecule has 0 unspecified atom stereocenters. The Kier molecular flexibility index (Phi) is 5.51. The molecular weight excluding hydrogens is 280 g/mol. The molecule has 1 aromatic heterocycles. The maximum absolute atomic E-state index is 11.7. The van der Waals surface area contributed by atoms with Crippen LogP contribution in [0.25, 0.3) is 0 Å². The van der Waals surface area contributed by atoms with E-state index in [-0.39, 0.29) is 12.1 Å². The number of likely N-dealkylation sites (tertiary alicyclic amines) is 1. The highest BCUT2D eigenvalue weighted by Crippen LogP contribution is 2.26. The molecule has 0 spiro atoms. The third-order valence-electron chi connectivity index (χ3n) is 3.99. The molecule has 1 aromatic rings. The molecule has 1 amide bonds. The summed E-state index contributed by atoms with van der Waals surface area (Å²) in [5.74, 6) is 1.46. The van der Waals surface area contributed by atoms with Gasteiger partial charge in [-0.1, -0.05) is 0 Å². The van der Waals surface area contributed by atoms with Crippen molar-refractivity contribution < 1.29 is 13.9 Å². The average Bonchev–Trinajstić information content (AvgIpc) is 2.97. The van der Waals surface area contributed by atoms with Gasteiger partial charge in [0, 0.05) is 13.1 Å². The van der Waals surface area contributed by atoms with Gasteiger partial charge in [-0.05, 0) is 65.1 Å². The summed E-state index contributed by atoms with van der Waals surface area (Å²) in [5.41, 5.74) is -0.448. The smallest absolute Gasteiger partial charge is 0.407 e. The maximum Gasteiger partial charge on any atom is 0.407 e. The summed E-state index contributed by atoms with van der Waals surface area (Å²) in [6.45, 7) is 10.5. The summed E-state index contributed by atoms with van der Waals surface area (Å²) in [5, 5.41) is 2.89. The number of hydrogen-bond acceptors (Lipinski definition) is 4. The number of amides is 1. The molecule has 0 radical (unpaired) electrons. The fraction of sp³-hybridized carbons (Fsp3) is 0.706. The fourth-order valence-corrected chi connectivity index (χ4v) is 2.87. The van der Waals surface area contributed by atoms with Crippen LogP contribution in [0.2, 0.25) is 0 Å². The summed E-state index contributed by atoms with van der Waals surface area (Å²) in [7, 11) is 0. The van der Waals surface area contributed by atoms with Gasteiger partial charge in [-0.2, -0.15) is 0 Å². The molecule has 2 heterocycles. The minimum Gasteiger partial charge on any atom is -0.468 e. The number of carbonyl (C=O) groups excluding carboxylic acids is 1. The maximum atomic E-state index is 11.7. The quantitative estimate of drug-likeness (QED) is 0.923. The van der Waals surface area contributed by atoms with Gasteiger partial charge >= 0.3 is 6.09 Å². The van der Waals surface area contributed by atoms with E-state index in [0.29, 0.717) is 12.5 Å². The monoisotopic (exact) mass is 308 g/mol. The van der Waals surface area contributed by atoms with Crippen LogP contribution in [0.5, 0.6) is 0 Å². The number of ether oxygens (including phenoxy) is 1. The van der Waals surface area contributed by atoms with Crippen molar-refractivity contribution in [2.75, 3.05) is 19.6 Å². The zero-order chi connectivity index (χ0) is 16.2. The van der Waals surface area contributed by atoms with E-state index in [9.17, 15) is 4.79 Å². The highest BCUT2D eigenvalue weighted by molar-refractivity contribution is 5.67. The normalized spacial score (nSPS) is 21.4. The molecule has 0 aromatic carbocycles. The van der Waals surface area contributed by atoms with Gasteiger partial charge in [-0.15, -0.1) is 0 Å². The summed E-state index contributed by atoms with van der Waals surface area (Å²) in [6, 6.07) is 4.23. The van der Waals surface area contributed by atoms with Crippen molar-refractivity contribution in [3.05, 3.63) is 24.2 Å². The van der Waals surface area contributed by atoms with E-state index >= 15 is 0 Å². The lowest BCUT2D eigenvalue weighted by Gasteiger charge is -2.36. The summed E-state index contributed by atoms with van der Waals surface area (Å²) < 4.78 is 10.8. The Hall–Kier alpha value is -1.49. The second-order valence-corrected chi connectivity index (χ2v) is 7.08. The molecule has 5 nitrogen and oxygen atoms in total. The molecule has 1 aliphatic rings. The van der Waals surface area contributed by atoms with Crippen LogP contribution in [0.1, 0.15) is 52.3 Å². The molecule has 1 fully saturated rings. The van der Waals surface area contributed by atoms with Crippen LogP contribution in [0.3, 0.4) is 0 Å². The lowest BCUT2D eigenvalue weighted by atomic mass is 9.96. The van der Waals surface area contributed by atoms with Gasteiger partial charge in [0.2, 0.25) is 0 Å². The van der Waals surface area contributed by atoms with Gasteiger partial charge in [0.1, 0.15) is 11.4 Å². The van der Waals surface area contributed by atoms with Crippen molar-refractivity contribution in [2.24, 2.45) is 5.92 Å².